The van der Waals surface area contributed by atoms with Crippen LogP contribution in [-0.2, 0) is 0 Å². The molecule has 2 rings (SSSR count). The van der Waals surface area contributed by atoms with Crippen LogP contribution in [0.1, 0.15) is 40.0 Å². The Kier molecular flexibility index (Phi) is 4.89. The van der Waals surface area contributed by atoms with Crippen molar-refractivity contribution in [3.8, 4) is 0 Å². The zero-order valence-corrected chi connectivity index (χ0v) is 14.5. The van der Waals surface area contributed by atoms with E-state index in [9.17, 15) is 0 Å². The fourth-order valence-electron chi connectivity index (χ4n) is 2.87. The van der Waals surface area contributed by atoms with Crippen molar-refractivity contribution in [3.05, 3.63) is 10.7 Å². The van der Waals surface area contributed by atoms with Gasteiger partial charge in [-0.3, -0.25) is 0 Å². The highest BCUT2D eigenvalue weighted by Crippen LogP contribution is 2.36. The molecule has 2 heterocycles. The molecule has 0 spiro atoms. The lowest BCUT2D eigenvalue weighted by Gasteiger charge is -2.30. The number of halogens is 1. The number of aromatic nitrogens is 2. The van der Waals surface area contributed by atoms with E-state index in [4.69, 9.17) is 0 Å². The van der Waals surface area contributed by atoms with Gasteiger partial charge >= 0.3 is 0 Å². The van der Waals surface area contributed by atoms with Crippen LogP contribution in [0.2, 0.25) is 0 Å². The molecule has 0 saturated carbocycles. The van der Waals surface area contributed by atoms with Crippen molar-refractivity contribution < 1.29 is 0 Å². The van der Waals surface area contributed by atoms with E-state index in [0.29, 0.717) is 11.4 Å². The highest BCUT2D eigenvalue weighted by atomic mass is 79.9. The number of hydrogen-bond acceptors (Lipinski definition) is 4. The summed E-state index contributed by atoms with van der Waals surface area (Å²) in [6.45, 7) is 9.21. The first-order chi connectivity index (χ1) is 9.41. The standard InChI is InChI=1S/C15H25BrN4/c1-15(2,3)11-6-5-8-20(9-7-11)13-12(16)10-18-14(17-4)19-13/h10-11H,5-9H2,1-4H3,(H,17,18,19). The van der Waals surface area contributed by atoms with Crippen molar-refractivity contribution in [1.29, 1.82) is 0 Å². The van der Waals surface area contributed by atoms with E-state index >= 15 is 0 Å². The van der Waals surface area contributed by atoms with Gasteiger partial charge in [0.25, 0.3) is 0 Å². The van der Waals surface area contributed by atoms with Crippen LogP contribution < -0.4 is 10.2 Å². The normalized spacial score (nSPS) is 20.6. The van der Waals surface area contributed by atoms with Crippen LogP contribution in [0.3, 0.4) is 0 Å². The smallest absolute Gasteiger partial charge is 0.224 e. The van der Waals surface area contributed by atoms with Crippen LogP contribution in [-0.4, -0.2) is 30.1 Å². The van der Waals surface area contributed by atoms with Gasteiger partial charge < -0.3 is 10.2 Å². The van der Waals surface area contributed by atoms with E-state index in [0.717, 1.165) is 29.3 Å². The Hall–Kier alpha value is -0.840. The largest absolute Gasteiger partial charge is 0.357 e. The fraction of sp³-hybridized carbons (Fsp3) is 0.733. The monoisotopic (exact) mass is 340 g/mol. The third kappa shape index (κ3) is 3.62. The minimum absolute atomic E-state index is 0.398. The number of hydrogen-bond donors (Lipinski definition) is 1. The summed E-state index contributed by atoms with van der Waals surface area (Å²) in [5.74, 6) is 2.48. The van der Waals surface area contributed by atoms with Gasteiger partial charge in [-0.1, -0.05) is 20.8 Å². The van der Waals surface area contributed by atoms with Crippen LogP contribution in [0.25, 0.3) is 0 Å². The van der Waals surface area contributed by atoms with Crippen LogP contribution in [0, 0.1) is 11.3 Å². The van der Waals surface area contributed by atoms with E-state index in [-0.39, 0.29) is 0 Å². The predicted molar refractivity (Wildman–Crippen MR) is 88.3 cm³/mol. The Morgan fingerprint density at radius 2 is 2.05 bits per heavy atom. The minimum Gasteiger partial charge on any atom is -0.357 e. The molecule has 1 aliphatic heterocycles. The van der Waals surface area contributed by atoms with Gasteiger partial charge in [-0.15, -0.1) is 0 Å². The number of nitrogens with one attached hydrogen (secondary N) is 1. The van der Waals surface area contributed by atoms with Gasteiger partial charge in [-0.25, -0.2) is 4.98 Å². The molecule has 112 valence electrons. The minimum atomic E-state index is 0.398. The maximum Gasteiger partial charge on any atom is 0.224 e. The highest BCUT2D eigenvalue weighted by molar-refractivity contribution is 9.10. The lowest BCUT2D eigenvalue weighted by Crippen LogP contribution is -2.27. The van der Waals surface area contributed by atoms with Crippen molar-refractivity contribution in [2.75, 3.05) is 30.4 Å². The van der Waals surface area contributed by atoms with Crippen molar-refractivity contribution in [2.24, 2.45) is 11.3 Å². The second-order valence-corrected chi connectivity index (χ2v) is 7.45. The van der Waals surface area contributed by atoms with E-state index in [1.165, 1.54) is 19.3 Å². The first-order valence-electron chi connectivity index (χ1n) is 7.37. The molecule has 4 nitrogen and oxygen atoms in total. The fourth-order valence-corrected chi connectivity index (χ4v) is 3.32. The summed E-state index contributed by atoms with van der Waals surface area (Å²) < 4.78 is 0.978. The van der Waals surface area contributed by atoms with Crippen LogP contribution >= 0.6 is 15.9 Å². The van der Waals surface area contributed by atoms with Gasteiger partial charge in [-0.05, 0) is 46.5 Å². The van der Waals surface area contributed by atoms with Crippen molar-refractivity contribution >= 4 is 27.7 Å². The summed E-state index contributed by atoms with van der Waals surface area (Å²) in [5.41, 5.74) is 0.398. The Labute approximate surface area is 130 Å². The number of nitrogens with zero attached hydrogens (tertiary/aromatic N) is 3. The molecule has 20 heavy (non-hydrogen) atoms. The summed E-state index contributed by atoms with van der Waals surface area (Å²) in [5, 5.41) is 3.01. The average molecular weight is 341 g/mol. The van der Waals surface area contributed by atoms with Gasteiger partial charge in [0.1, 0.15) is 5.82 Å². The van der Waals surface area contributed by atoms with Gasteiger partial charge in [-0.2, -0.15) is 4.98 Å². The molecule has 1 fully saturated rings. The van der Waals surface area contributed by atoms with E-state index < -0.39 is 0 Å². The summed E-state index contributed by atoms with van der Waals surface area (Å²) in [6.07, 6.45) is 5.60. The third-order valence-corrected chi connectivity index (χ3v) is 4.76. The topological polar surface area (TPSA) is 41.1 Å². The SMILES string of the molecule is CNc1ncc(Br)c(N2CCCC(C(C)(C)C)CC2)n1. The van der Waals surface area contributed by atoms with Crippen molar-refractivity contribution in [3.63, 3.8) is 0 Å². The second-order valence-electron chi connectivity index (χ2n) is 6.60. The molecule has 0 amide bonds. The molecule has 1 aromatic rings. The lowest BCUT2D eigenvalue weighted by molar-refractivity contribution is 0.220. The van der Waals surface area contributed by atoms with Gasteiger partial charge in [0.2, 0.25) is 5.95 Å². The molecular formula is C15H25BrN4. The van der Waals surface area contributed by atoms with Gasteiger partial charge in [0.05, 0.1) is 4.47 Å². The molecule has 1 aromatic heterocycles. The summed E-state index contributed by atoms with van der Waals surface area (Å²) in [4.78, 5) is 11.2. The molecule has 1 atom stereocenters. The van der Waals surface area contributed by atoms with Crippen LogP contribution in [0.5, 0.6) is 0 Å². The lowest BCUT2D eigenvalue weighted by atomic mass is 9.77. The zero-order valence-electron chi connectivity index (χ0n) is 12.9. The molecule has 1 saturated heterocycles. The Balaban J connectivity index is 2.14. The zero-order chi connectivity index (χ0) is 14.8. The molecule has 1 unspecified atom stereocenters. The highest BCUT2D eigenvalue weighted by Gasteiger charge is 2.28. The number of rotatable bonds is 2. The maximum atomic E-state index is 4.60. The van der Waals surface area contributed by atoms with Crippen molar-refractivity contribution in [2.45, 2.75) is 40.0 Å². The molecular weight excluding hydrogens is 316 g/mol. The Morgan fingerprint density at radius 3 is 2.70 bits per heavy atom. The van der Waals surface area contributed by atoms with Gasteiger partial charge in [0, 0.05) is 26.3 Å². The van der Waals surface area contributed by atoms with Crippen LogP contribution in [0.15, 0.2) is 10.7 Å². The molecule has 1 N–H and O–H groups in total. The molecule has 0 aliphatic carbocycles. The molecule has 5 heteroatoms. The quantitative estimate of drug-likeness (QED) is 0.885. The van der Waals surface area contributed by atoms with E-state index in [1.54, 1.807) is 0 Å². The molecule has 0 bridgehead atoms. The van der Waals surface area contributed by atoms with E-state index in [1.807, 2.05) is 13.2 Å². The molecule has 0 radical (unpaired) electrons. The summed E-state index contributed by atoms with van der Waals surface area (Å²) in [6, 6.07) is 0. The first-order valence-corrected chi connectivity index (χ1v) is 8.16. The summed E-state index contributed by atoms with van der Waals surface area (Å²) in [7, 11) is 1.85. The predicted octanol–water partition coefficient (Wildman–Crippen LogP) is 3.93. The van der Waals surface area contributed by atoms with E-state index in [2.05, 4.69) is 56.9 Å². The van der Waals surface area contributed by atoms with Gasteiger partial charge in [0.15, 0.2) is 0 Å². The summed E-state index contributed by atoms with van der Waals surface area (Å²) >= 11 is 3.58. The Morgan fingerprint density at radius 1 is 1.30 bits per heavy atom. The van der Waals surface area contributed by atoms with Crippen molar-refractivity contribution in [1.82, 2.24) is 9.97 Å². The molecule has 0 aromatic carbocycles. The molecule has 1 aliphatic rings. The number of anilines is 2. The van der Waals surface area contributed by atoms with Crippen LogP contribution in [0.4, 0.5) is 11.8 Å². The second kappa shape index (κ2) is 6.29. The average Bonchev–Trinajstić information content (AvgIpc) is 2.64. The third-order valence-electron chi connectivity index (χ3n) is 4.20. The Bertz CT molecular complexity index is 456. The first kappa shape index (κ1) is 15.5. The maximum absolute atomic E-state index is 4.60.